The molecular weight excluding hydrogens is 214 g/mol. The van der Waals surface area contributed by atoms with Gasteiger partial charge in [-0.15, -0.1) is 0 Å². The molecule has 1 heterocycles. The van der Waals surface area contributed by atoms with Gasteiger partial charge in [0.05, 0.1) is 17.2 Å². The minimum Gasteiger partial charge on any atom is -0.392 e. The van der Waals surface area contributed by atoms with Crippen LogP contribution in [0.5, 0.6) is 0 Å². The van der Waals surface area contributed by atoms with Crippen LogP contribution in [-0.4, -0.2) is 10.1 Å². The number of alkyl halides is 2. The first-order valence-corrected chi connectivity index (χ1v) is 3.96. The lowest BCUT2D eigenvalue weighted by Crippen LogP contribution is -1.99. The van der Waals surface area contributed by atoms with Crippen molar-refractivity contribution in [3.63, 3.8) is 0 Å². The van der Waals surface area contributed by atoms with Gasteiger partial charge in [-0.3, -0.25) is 4.98 Å². The molecule has 6 heteroatoms. The maximum atomic E-state index is 12.3. The van der Waals surface area contributed by atoms with E-state index in [0.29, 0.717) is 0 Å². The summed E-state index contributed by atoms with van der Waals surface area (Å²) in [6, 6.07) is 1.53. The monoisotopic (exact) mass is 218 g/mol. The van der Waals surface area contributed by atoms with Crippen molar-refractivity contribution in [1.29, 1.82) is 5.26 Å². The highest BCUT2D eigenvalue weighted by Crippen LogP contribution is 2.28. The van der Waals surface area contributed by atoms with E-state index in [1.165, 1.54) is 6.07 Å². The van der Waals surface area contributed by atoms with Crippen LogP contribution >= 0.6 is 11.6 Å². The second-order valence-corrected chi connectivity index (χ2v) is 2.81. The molecule has 1 aromatic heterocycles. The van der Waals surface area contributed by atoms with E-state index in [9.17, 15) is 8.78 Å². The third-order valence-electron chi connectivity index (χ3n) is 1.61. The first-order valence-electron chi connectivity index (χ1n) is 3.58. The second kappa shape index (κ2) is 4.31. The van der Waals surface area contributed by atoms with E-state index in [1.807, 2.05) is 0 Å². The summed E-state index contributed by atoms with van der Waals surface area (Å²) in [7, 11) is 0. The van der Waals surface area contributed by atoms with E-state index >= 15 is 0 Å². The fourth-order valence-corrected chi connectivity index (χ4v) is 1.17. The van der Waals surface area contributed by atoms with Crippen molar-refractivity contribution in [2.45, 2.75) is 13.0 Å². The molecule has 0 unspecified atom stereocenters. The van der Waals surface area contributed by atoms with Gasteiger partial charge < -0.3 is 5.11 Å². The average Bonchev–Trinajstić information content (AvgIpc) is 2.17. The van der Waals surface area contributed by atoms with Gasteiger partial charge in [-0.25, -0.2) is 8.78 Å². The molecule has 0 aliphatic rings. The maximum Gasteiger partial charge on any atom is 0.281 e. The minimum absolute atomic E-state index is 0.160. The topological polar surface area (TPSA) is 56.9 Å². The van der Waals surface area contributed by atoms with Gasteiger partial charge in [0, 0.05) is 11.8 Å². The van der Waals surface area contributed by atoms with Crippen LogP contribution in [0.2, 0.25) is 5.02 Å². The summed E-state index contributed by atoms with van der Waals surface area (Å²) in [6.07, 6.45) is -1.82. The first-order chi connectivity index (χ1) is 6.61. The van der Waals surface area contributed by atoms with E-state index < -0.39 is 18.7 Å². The molecule has 0 spiro atoms. The molecular formula is C8H5ClF2N2O. The molecule has 0 radical (unpaired) electrons. The van der Waals surface area contributed by atoms with Crippen LogP contribution in [-0.2, 0) is 6.61 Å². The molecule has 0 aliphatic heterocycles. The standard InChI is InChI=1S/C8H5ClF2N2O/c9-6-4(3-14)2-13-7(8(10)11)5(6)1-12/h2,8,14H,3H2. The normalized spacial score (nSPS) is 10.3. The summed E-state index contributed by atoms with van der Waals surface area (Å²) >= 11 is 5.60. The SMILES string of the molecule is N#Cc1c(C(F)F)ncc(CO)c1Cl. The van der Waals surface area contributed by atoms with Gasteiger partial charge in [0.2, 0.25) is 0 Å². The molecule has 14 heavy (non-hydrogen) atoms. The van der Waals surface area contributed by atoms with E-state index in [4.69, 9.17) is 22.0 Å². The number of halogens is 3. The minimum atomic E-state index is -2.85. The van der Waals surface area contributed by atoms with Crippen LogP contribution < -0.4 is 0 Å². The number of rotatable bonds is 2. The summed E-state index contributed by atoms with van der Waals surface area (Å²) in [5.41, 5.74) is -0.879. The van der Waals surface area contributed by atoms with E-state index in [1.54, 1.807) is 0 Å². The Bertz CT molecular complexity index is 390. The molecule has 3 nitrogen and oxygen atoms in total. The van der Waals surface area contributed by atoms with Gasteiger partial charge in [-0.2, -0.15) is 5.26 Å². The number of pyridine rings is 1. The van der Waals surface area contributed by atoms with Gasteiger partial charge in [0.1, 0.15) is 11.8 Å². The summed E-state index contributed by atoms with van der Waals surface area (Å²) in [4.78, 5) is 3.36. The third kappa shape index (κ3) is 1.81. The molecule has 1 N–H and O–H groups in total. The summed E-state index contributed by atoms with van der Waals surface area (Å²) in [5.74, 6) is 0. The van der Waals surface area contributed by atoms with Gasteiger partial charge in [-0.05, 0) is 0 Å². The number of nitriles is 1. The predicted molar refractivity (Wildman–Crippen MR) is 44.8 cm³/mol. The van der Waals surface area contributed by atoms with Crippen molar-refractivity contribution in [2.75, 3.05) is 0 Å². The summed E-state index contributed by atoms with van der Waals surface area (Å²) in [5, 5.41) is 17.2. The van der Waals surface area contributed by atoms with Crippen molar-refractivity contribution in [3.05, 3.63) is 28.0 Å². The van der Waals surface area contributed by atoms with Crippen molar-refractivity contribution in [2.24, 2.45) is 0 Å². The van der Waals surface area contributed by atoms with Crippen molar-refractivity contribution in [3.8, 4) is 6.07 Å². The van der Waals surface area contributed by atoms with Crippen LogP contribution in [0.1, 0.15) is 23.2 Å². The molecule has 0 aromatic carbocycles. The van der Waals surface area contributed by atoms with Crippen molar-refractivity contribution < 1.29 is 13.9 Å². The van der Waals surface area contributed by atoms with Crippen LogP contribution in [0.15, 0.2) is 6.20 Å². The van der Waals surface area contributed by atoms with Crippen molar-refractivity contribution >= 4 is 11.6 Å². The lowest BCUT2D eigenvalue weighted by molar-refractivity contribution is 0.145. The van der Waals surface area contributed by atoms with Crippen LogP contribution in [0.4, 0.5) is 8.78 Å². The van der Waals surface area contributed by atoms with Gasteiger partial charge in [0.15, 0.2) is 0 Å². The van der Waals surface area contributed by atoms with Crippen LogP contribution in [0, 0.1) is 11.3 Å². The summed E-state index contributed by atoms with van der Waals surface area (Å²) in [6.45, 7) is -0.440. The van der Waals surface area contributed by atoms with Gasteiger partial charge >= 0.3 is 0 Å². The van der Waals surface area contributed by atoms with E-state index in [0.717, 1.165) is 6.20 Å². The Morgan fingerprint density at radius 1 is 1.64 bits per heavy atom. The number of nitrogens with zero attached hydrogens (tertiary/aromatic N) is 2. The highest BCUT2D eigenvalue weighted by atomic mass is 35.5. The molecule has 74 valence electrons. The number of hydrogen-bond donors (Lipinski definition) is 1. The van der Waals surface area contributed by atoms with Crippen LogP contribution in [0.3, 0.4) is 0 Å². The maximum absolute atomic E-state index is 12.3. The molecule has 0 aliphatic carbocycles. The number of aliphatic hydroxyl groups excluding tert-OH is 1. The fraction of sp³-hybridized carbons (Fsp3) is 0.250. The quantitative estimate of drug-likeness (QED) is 0.826. The second-order valence-electron chi connectivity index (χ2n) is 2.43. The lowest BCUT2D eigenvalue weighted by atomic mass is 10.1. The Morgan fingerprint density at radius 3 is 2.71 bits per heavy atom. The molecule has 0 atom stereocenters. The molecule has 0 bridgehead atoms. The molecule has 1 aromatic rings. The molecule has 1 rings (SSSR count). The molecule has 0 saturated heterocycles. The average molecular weight is 219 g/mol. The molecule has 0 saturated carbocycles. The smallest absolute Gasteiger partial charge is 0.281 e. The van der Waals surface area contributed by atoms with Gasteiger partial charge in [0.25, 0.3) is 6.43 Å². The van der Waals surface area contributed by atoms with Crippen molar-refractivity contribution in [1.82, 2.24) is 4.98 Å². The highest BCUT2D eigenvalue weighted by molar-refractivity contribution is 6.32. The predicted octanol–water partition coefficient (Wildman–Crippen LogP) is 2.04. The Balaban J connectivity index is 3.38. The number of aromatic nitrogens is 1. The zero-order valence-electron chi connectivity index (χ0n) is 6.84. The number of aliphatic hydroxyl groups is 1. The largest absolute Gasteiger partial charge is 0.392 e. The lowest BCUT2D eigenvalue weighted by Gasteiger charge is -2.06. The Kier molecular flexibility index (Phi) is 3.33. The zero-order chi connectivity index (χ0) is 10.7. The number of hydrogen-bond acceptors (Lipinski definition) is 3. The third-order valence-corrected chi connectivity index (χ3v) is 2.04. The molecule has 0 amide bonds. The Labute approximate surface area is 83.6 Å². The Hall–Kier alpha value is -1.25. The summed E-state index contributed by atoms with van der Waals surface area (Å²) < 4.78 is 24.6. The van der Waals surface area contributed by atoms with Gasteiger partial charge in [-0.1, -0.05) is 11.6 Å². The first kappa shape index (κ1) is 10.8. The van der Waals surface area contributed by atoms with Crippen LogP contribution in [0.25, 0.3) is 0 Å². The fourth-order valence-electron chi connectivity index (χ4n) is 0.924. The Morgan fingerprint density at radius 2 is 2.29 bits per heavy atom. The van der Waals surface area contributed by atoms with E-state index in [2.05, 4.69) is 4.98 Å². The molecule has 0 fully saturated rings. The zero-order valence-corrected chi connectivity index (χ0v) is 7.59. The highest BCUT2D eigenvalue weighted by Gasteiger charge is 2.19. The van der Waals surface area contributed by atoms with E-state index in [-0.39, 0.29) is 16.1 Å².